The lowest BCUT2D eigenvalue weighted by molar-refractivity contribution is 0.175. The summed E-state index contributed by atoms with van der Waals surface area (Å²) in [6.45, 7) is 4.31. The van der Waals surface area contributed by atoms with Crippen molar-refractivity contribution in [3.63, 3.8) is 0 Å². The van der Waals surface area contributed by atoms with Gasteiger partial charge >= 0.3 is 0 Å². The number of nitrogens with zero attached hydrogens (tertiary/aromatic N) is 1. The van der Waals surface area contributed by atoms with Gasteiger partial charge in [0.1, 0.15) is 5.82 Å². The first-order valence-corrected chi connectivity index (χ1v) is 8.67. The molecule has 5 nitrogen and oxygen atoms in total. The number of sulfonamides is 1. The quantitative estimate of drug-likeness (QED) is 0.809. The van der Waals surface area contributed by atoms with E-state index in [1.165, 1.54) is 18.6 Å². The Bertz CT molecular complexity index is 586. The van der Waals surface area contributed by atoms with Crippen LogP contribution in [-0.2, 0) is 10.0 Å². The summed E-state index contributed by atoms with van der Waals surface area (Å²) in [5.41, 5.74) is 5.30. The predicted octanol–water partition coefficient (Wildman–Crippen LogP) is 1.56. The topological polar surface area (TPSA) is 75.4 Å². The summed E-state index contributed by atoms with van der Waals surface area (Å²) in [5.74, 6) is -0.720. The van der Waals surface area contributed by atoms with Crippen LogP contribution in [0.15, 0.2) is 23.1 Å². The highest BCUT2D eigenvalue weighted by atomic mass is 32.2. The first-order chi connectivity index (χ1) is 9.90. The minimum atomic E-state index is -3.71. The van der Waals surface area contributed by atoms with Crippen LogP contribution in [-0.4, -0.2) is 39.0 Å². The maximum Gasteiger partial charge on any atom is 0.240 e. The van der Waals surface area contributed by atoms with Crippen molar-refractivity contribution in [2.24, 2.45) is 0 Å². The van der Waals surface area contributed by atoms with Crippen molar-refractivity contribution in [1.82, 2.24) is 9.62 Å². The van der Waals surface area contributed by atoms with Crippen LogP contribution in [0.5, 0.6) is 0 Å². The van der Waals surface area contributed by atoms with Crippen LogP contribution >= 0.6 is 0 Å². The molecular weight excluding hydrogens is 293 g/mol. The van der Waals surface area contributed by atoms with Crippen molar-refractivity contribution in [1.29, 1.82) is 0 Å². The van der Waals surface area contributed by atoms with Crippen LogP contribution in [0.1, 0.15) is 26.2 Å². The maximum absolute atomic E-state index is 13.4. The molecule has 0 aromatic heterocycles. The highest BCUT2D eigenvalue weighted by molar-refractivity contribution is 7.89. The molecule has 1 aliphatic rings. The lowest BCUT2D eigenvalue weighted by Crippen LogP contribution is -2.44. The number of piperidine rings is 1. The van der Waals surface area contributed by atoms with E-state index in [9.17, 15) is 12.8 Å². The predicted molar refractivity (Wildman–Crippen MR) is 80.9 cm³/mol. The number of rotatable bonds is 5. The van der Waals surface area contributed by atoms with Gasteiger partial charge in [-0.2, -0.15) is 0 Å². The molecule has 1 fully saturated rings. The van der Waals surface area contributed by atoms with Gasteiger partial charge in [-0.3, -0.25) is 4.90 Å². The normalized spacial score (nSPS) is 18.6. The van der Waals surface area contributed by atoms with Gasteiger partial charge in [-0.05, 0) is 51.1 Å². The summed E-state index contributed by atoms with van der Waals surface area (Å²) in [5, 5.41) is 0. The summed E-state index contributed by atoms with van der Waals surface area (Å²) in [4.78, 5) is 2.18. The molecule has 0 amide bonds. The number of hydrogen-bond donors (Lipinski definition) is 2. The van der Waals surface area contributed by atoms with E-state index in [1.807, 2.05) is 6.92 Å². The minimum absolute atomic E-state index is 0.0596. The molecule has 1 unspecified atom stereocenters. The molecule has 7 heteroatoms. The molecular formula is C14H22FN3O2S. The van der Waals surface area contributed by atoms with E-state index in [1.54, 1.807) is 0 Å². The maximum atomic E-state index is 13.4. The van der Waals surface area contributed by atoms with Gasteiger partial charge < -0.3 is 5.73 Å². The summed E-state index contributed by atoms with van der Waals surface area (Å²) in [7, 11) is -3.71. The summed E-state index contributed by atoms with van der Waals surface area (Å²) < 4.78 is 40.2. The number of anilines is 1. The van der Waals surface area contributed by atoms with Gasteiger partial charge in [0.25, 0.3) is 0 Å². The number of halogens is 1. The first kappa shape index (κ1) is 16.2. The minimum Gasteiger partial charge on any atom is -0.396 e. The molecule has 0 aliphatic carbocycles. The Labute approximate surface area is 125 Å². The SMILES string of the molecule is CC(CNS(=O)(=O)c1ccc(N)c(F)c1)N1CCCCC1. The van der Waals surface area contributed by atoms with E-state index >= 15 is 0 Å². The van der Waals surface area contributed by atoms with Gasteiger partial charge in [0.05, 0.1) is 10.6 Å². The largest absolute Gasteiger partial charge is 0.396 e. The van der Waals surface area contributed by atoms with Gasteiger partial charge in [0.15, 0.2) is 0 Å². The molecule has 1 aromatic carbocycles. The van der Waals surface area contributed by atoms with E-state index < -0.39 is 15.8 Å². The van der Waals surface area contributed by atoms with Crippen molar-refractivity contribution in [3.05, 3.63) is 24.0 Å². The highest BCUT2D eigenvalue weighted by Crippen LogP contribution is 2.17. The number of nitrogens with two attached hydrogens (primary N) is 1. The summed E-state index contributed by atoms with van der Waals surface area (Å²) in [6.07, 6.45) is 3.54. The fourth-order valence-electron chi connectivity index (χ4n) is 2.48. The fraction of sp³-hybridized carbons (Fsp3) is 0.571. The molecule has 1 aliphatic heterocycles. The molecule has 118 valence electrons. The second-order valence-electron chi connectivity index (χ2n) is 5.48. The van der Waals surface area contributed by atoms with Gasteiger partial charge in [-0.15, -0.1) is 0 Å². The van der Waals surface area contributed by atoms with Gasteiger partial charge in [0, 0.05) is 12.6 Å². The Morgan fingerprint density at radius 1 is 1.33 bits per heavy atom. The highest BCUT2D eigenvalue weighted by Gasteiger charge is 2.20. The van der Waals surface area contributed by atoms with Crippen LogP contribution in [0.3, 0.4) is 0 Å². The molecule has 0 saturated carbocycles. The molecule has 1 aromatic rings. The molecule has 1 atom stereocenters. The van der Waals surface area contributed by atoms with Gasteiger partial charge in [-0.25, -0.2) is 17.5 Å². The Morgan fingerprint density at radius 3 is 2.62 bits per heavy atom. The van der Waals surface area contributed by atoms with Crippen LogP contribution in [0.25, 0.3) is 0 Å². The molecule has 2 rings (SSSR count). The second kappa shape index (κ2) is 6.72. The molecule has 3 N–H and O–H groups in total. The lowest BCUT2D eigenvalue weighted by Gasteiger charge is -2.32. The Balaban J connectivity index is 1.98. The third-order valence-corrected chi connectivity index (χ3v) is 5.29. The third-order valence-electron chi connectivity index (χ3n) is 3.86. The molecule has 1 saturated heterocycles. The van der Waals surface area contributed by atoms with E-state index in [-0.39, 0.29) is 16.6 Å². The van der Waals surface area contributed by atoms with Crippen LogP contribution < -0.4 is 10.5 Å². The Morgan fingerprint density at radius 2 is 2.00 bits per heavy atom. The number of benzene rings is 1. The standard InChI is InChI=1S/C14H22FN3O2S/c1-11(18-7-3-2-4-8-18)10-17-21(19,20)12-5-6-14(16)13(15)9-12/h5-6,9,11,17H,2-4,7-8,10,16H2,1H3. The molecule has 0 bridgehead atoms. The zero-order valence-electron chi connectivity index (χ0n) is 12.2. The van der Waals surface area contributed by atoms with Crippen molar-refractivity contribution in [3.8, 4) is 0 Å². The second-order valence-corrected chi connectivity index (χ2v) is 7.25. The van der Waals surface area contributed by atoms with E-state index in [0.29, 0.717) is 6.54 Å². The van der Waals surface area contributed by atoms with Crippen molar-refractivity contribution >= 4 is 15.7 Å². The Hall–Kier alpha value is -1.18. The van der Waals surface area contributed by atoms with E-state index in [0.717, 1.165) is 32.0 Å². The van der Waals surface area contributed by atoms with Crippen molar-refractivity contribution in [2.75, 3.05) is 25.4 Å². The zero-order chi connectivity index (χ0) is 15.5. The van der Waals surface area contributed by atoms with Crippen molar-refractivity contribution in [2.45, 2.75) is 37.1 Å². The van der Waals surface area contributed by atoms with Crippen LogP contribution in [0.2, 0.25) is 0 Å². The van der Waals surface area contributed by atoms with E-state index in [4.69, 9.17) is 5.73 Å². The van der Waals surface area contributed by atoms with Crippen molar-refractivity contribution < 1.29 is 12.8 Å². The number of nitrogen functional groups attached to an aromatic ring is 1. The third kappa shape index (κ3) is 4.15. The molecule has 21 heavy (non-hydrogen) atoms. The van der Waals surface area contributed by atoms with E-state index in [2.05, 4.69) is 9.62 Å². The average Bonchev–Trinajstić information content (AvgIpc) is 2.48. The summed E-state index contributed by atoms with van der Waals surface area (Å²) >= 11 is 0. The van der Waals surface area contributed by atoms with Gasteiger partial charge in [-0.1, -0.05) is 6.42 Å². The van der Waals surface area contributed by atoms with Gasteiger partial charge in [0.2, 0.25) is 10.0 Å². The van der Waals surface area contributed by atoms with Crippen LogP contribution in [0.4, 0.5) is 10.1 Å². The monoisotopic (exact) mass is 315 g/mol. The smallest absolute Gasteiger partial charge is 0.240 e. The zero-order valence-corrected chi connectivity index (χ0v) is 13.0. The average molecular weight is 315 g/mol. The molecule has 0 spiro atoms. The number of hydrogen-bond acceptors (Lipinski definition) is 4. The fourth-order valence-corrected chi connectivity index (χ4v) is 3.61. The summed E-state index contributed by atoms with van der Waals surface area (Å²) in [6, 6.07) is 3.65. The first-order valence-electron chi connectivity index (χ1n) is 7.19. The van der Waals surface area contributed by atoms with Crippen LogP contribution in [0, 0.1) is 5.82 Å². The lowest BCUT2D eigenvalue weighted by atomic mass is 10.1. The number of nitrogens with one attached hydrogen (secondary N) is 1. The Kier molecular flexibility index (Phi) is 5.18. The molecule has 1 heterocycles. The number of likely N-dealkylation sites (tertiary alicyclic amines) is 1. The molecule has 0 radical (unpaired) electrons.